The largest absolute Gasteiger partial charge is 0.493 e. The number of ether oxygens (including phenoxy) is 2. The van der Waals surface area contributed by atoms with Gasteiger partial charge in [0, 0.05) is 5.56 Å². The molecule has 5 nitrogen and oxygen atoms in total. The Hall–Kier alpha value is -3.34. The number of carbonyl (C=O) groups is 1. The first kappa shape index (κ1) is 24.3. The van der Waals surface area contributed by atoms with E-state index in [1.54, 1.807) is 12.1 Å². The molecule has 0 unspecified atom stereocenters. The number of hydrogen-bond donors (Lipinski definition) is 1. The van der Waals surface area contributed by atoms with E-state index in [1.165, 1.54) is 5.56 Å². The van der Waals surface area contributed by atoms with Crippen LogP contribution in [0.15, 0.2) is 54.6 Å². The van der Waals surface area contributed by atoms with Crippen molar-refractivity contribution in [1.82, 2.24) is 4.98 Å². The molecule has 0 aliphatic rings. The molecule has 2 aromatic carbocycles. The lowest BCUT2D eigenvalue weighted by atomic mass is 9.82. The molecule has 0 aliphatic heterocycles. The Morgan fingerprint density at radius 2 is 1.73 bits per heavy atom. The van der Waals surface area contributed by atoms with Gasteiger partial charge in [0.05, 0.1) is 23.6 Å². The number of pyridine rings is 1. The van der Waals surface area contributed by atoms with E-state index in [9.17, 15) is 9.90 Å². The first-order valence-corrected chi connectivity index (χ1v) is 11.5. The summed E-state index contributed by atoms with van der Waals surface area (Å²) >= 11 is 0. The van der Waals surface area contributed by atoms with Gasteiger partial charge in [0.1, 0.15) is 18.1 Å². The Morgan fingerprint density at radius 3 is 2.36 bits per heavy atom. The molecule has 0 aliphatic carbocycles. The number of carboxylic acids is 1. The van der Waals surface area contributed by atoms with Gasteiger partial charge in [0.2, 0.25) is 0 Å². The van der Waals surface area contributed by atoms with Crippen LogP contribution in [-0.2, 0) is 12.0 Å². The predicted octanol–water partition coefficient (Wildman–Crippen LogP) is 6.81. The quantitative estimate of drug-likeness (QED) is 0.370. The maximum Gasteiger partial charge on any atom is 0.337 e. The average Bonchev–Trinajstić information content (AvgIpc) is 2.82. The van der Waals surface area contributed by atoms with Gasteiger partial charge in [0.15, 0.2) is 0 Å². The molecular formula is C28H33NO4. The second-order valence-electron chi connectivity index (χ2n) is 8.89. The smallest absolute Gasteiger partial charge is 0.337 e. The molecule has 1 aromatic heterocycles. The highest BCUT2D eigenvalue weighted by Crippen LogP contribution is 2.31. The van der Waals surface area contributed by atoms with Crippen LogP contribution in [0.2, 0.25) is 0 Å². The second-order valence-corrected chi connectivity index (χ2v) is 8.89. The van der Waals surface area contributed by atoms with E-state index in [1.807, 2.05) is 37.3 Å². The summed E-state index contributed by atoms with van der Waals surface area (Å²) in [6.45, 7) is 11.3. The third-order valence-electron chi connectivity index (χ3n) is 5.97. The van der Waals surface area contributed by atoms with Gasteiger partial charge >= 0.3 is 5.97 Å². The van der Waals surface area contributed by atoms with Gasteiger partial charge in [-0.1, -0.05) is 51.5 Å². The Kier molecular flexibility index (Phi) is 7.75. The van der Waals surface area contributed by atoms with E-state index in [4.69, 9.17) is 9.47 Å². The molecule has 0 fully saturated rings. The molecule has 0 atom stereocenters. The van der Waals surface area contributed by atoms with Crippen LogP contribution in [0.4, 0.5) is 0 Å². The molecule has 0 bridgehead atoms. The molecule has 0 saturated carbocycles. The first-order valence-electron chi connectivity index (χ1n) is 11.5. The maximum absolute atomic E-state index is 11.8. The number of hydrogen-bond acceptors (Lipinski definition) is 4. The summed E-state index contributed by atoms with van der Waals surface area (Å²) in [4.78, 5) is 16.5. The molecule has 174 valence electrons. The van der Waals surface area contributed by atoms with Gasteiger partial charge in [0.25, 0.3) is 0 Å². The monoisotopic (exact) mass is 447 g/mol. The van der Waals surface area contributed by atoms with Crippen LogP contribution in [0.3, 0.4) is 0 Å². The fraction of sp³-hybridized carbons (Fsp3) is 0.357. The van der Waals surface area contributed by atoms with Crippen molar-refractivity contribution in [3.05, 3.63) is 77.0 Å². The van der Waals surface area contributed by atoms with Crippen LogP contribution in [0.25, 0.3) is 11.3 Å². The van der Waals surface area contributed by atoms with Crippen LogP contribution in [0.5, 0.6) is 11.5 Å². The van der Waals surface area contributed by atoms with Crippen LogP contribution in [0, 0.1) is 6.92 Å². The molecular weight excluding hydrogens is 414 g/mol. The molecule has 3 aromatic rings. The van der Waals surface area contributed by atoms with Crippen molar-refractivity contribution in [3.8, 4) is 22.8 Å². The average molecular weight is 448 g/mol. The molecule has 0 spiro atoms. The van der Waals surface area contributed by atoms with Crippen molar-refractivity contribution >= 4 is 5.97 Å². The lowest BCUT2D eigenvalue weighted by Crippen LogP contribution is -2.15. The first-order chi connectivity index (χ1) is 15.7. The lowest BCUT2D eigenvalue weighted by Gasteiger charge is -2.23. The molecule has 0 saturated heterocycles. The molecule has 33 heavy (non-hydrogen) atoms. The topological polar surface area (TPSA) is 68.7 Å². The Labute approximate surface area is 196 Å². The summed E-state index contributed by atoms with van der Waals surface area (Å²) in [5.41, 5.74) is 4.41. The van der Waals surface area contributed by atoms with E-state index in [0.717, 1.165) is 29.7 Å². The van der Waals surface area contributed by atoms with E-state index >= 15 is 0 Å². The molecule has 5 heteroatoms. The number of benzene rings is 2. The van der Waals surface area contributed by atoms with Gasteiger partial charge in [-0.2, -0.15) is 0 Å². The van der Waals surface area contributed by atoms with Gasteiger partial charge in [-0.15, -0.1) is 0 Å². The number of aromatic carboxylic acids is 1. The van der Waals surface area contributed by atoms with Gasteiger partial charge in [-0.3, -0.25) is 0 Å². The highest BCUT2D eigenvalue weighted by molar-refractivity contribution is 5.89. The number of aryl methyl sites for hydroxylation is 1. The number of rotatable bonds is 10. The zero-order valence-electron chi connectivity index (χ0n) is 20.1. The summed E-state index contributed by atoms with van der Waals surface area (Å²) in [6, 6.07) is 17.2. The summed E-state index contributed by atoms with van der Waals surface area (Å²) in [5.74, 6) is 0.384. The zero-order chi connectivity index (χ0) is 24.0. The molecule has 3 rings (SSSR count). The van der Waals surface area contributed by atoms with E-state index < -0.39 is 5.97 Å². The second kappa shape index (κ2) is 10.5. The summed E-state index contributed by atoms with van der Waals surface area (Å²) in [6.07, 6.45) is 1.93. The Balaban J connectivity index is 1.89. The molecule has 1 N–H and O–H groups in total. The number of aromatic nitrogens is 1. The van der Waals surface area contributed by atoms with Crippen molar-refractivity contribution in [2.24, 2.45) is 0 Å². The Bertz CT molecular complexity index is 1100. The summed E-state index contributed by atoms with van der Waals surface area (Å²) in [7, 11) is 0. The molecule has 0 radical (unpaired) electrons. The third-order valence-corrected chi connectivity index (χ3v) is 5.97. The maximum atomic E-state index is 11.8. The Morgan fingerprint density at radius 1 is 1.00 bits per heavy atom. The van der Waals surface area contributed by atoms with E-state index in [-0.39, 0.29) is 17.6 Å². The minimum atomic E-state index is -1.03. The predicted molar refractivity (Wildman–Crippen MR) is 131 cm³/mol. The fourth-order valence-electron chi connectivity index (χ4n) is 3.50. The molecule has 1 heterocycles. The minimum Gasteiger partial charge on any atom is -0.493 e. The highest BCUT2D eigenvalue weighted by Gasteiger charge is 2.19. The highest BCUT2D eigenvalue weighted by atomic mass is 16.5. The normalized spacial score (nSPS) is 11.3. The van der Waals surface area contributed by atoms with Crippen molar-refractivity contribution in [1.29, 1.82) is 0 Å². The number of nitrogens with zero attached hydrogens (tertiary/aromatic N) is 1. The summed E-state index contributed by atoms with van der Waals surface area (Å²) < 4.78 is 11.8. The van der Waals surface area contributed by atoms with Crippen LogP contribution < -0.4 is 9.47 Å². The van der Waals surface area contributed by atoms with Crippen molar-refractivity contribution in [2.45, 2.75) is 59.5 Å². The van der Waals surface area contributed by atoms with Gasteiger partial charge in [-0.05, 0) is 67.1 Å². The van der Waals surface area contributed by atoms with Crippen LogP contribution in [-0.4, -0.2) is 22.7 Å². The minimum absolute atomic E-state index is 0.0585. The van der Waals surface area contributed by atoms with E-state index in [0.29, 0.717) is 23.7 Å². The summed E-state index contributed by atoms with van der Waals surface area (Å²) in [5, 5.41) is 9.67. The fourth-order valence-corrected chi connectivity index (χ4v) is 3.50. The van der Waals surface area contributed by atoms with Gasteiger partial charge < -0.3 is 14.6 Å². The van der Waals surface area contributed by atoms with Crippen molar-refractivity contribution in [3.63, 3.8) is 0 Å². The zero-order valence-corrected chi connectivity index (χ0v) is 20.1. The molecule has 0 amide bonds. The van der Waals surface area contributed by atoms with Crippen LogP contribution >= 0.6 is 0 Å². The number of carboxylic acid groups (broad SMARTS) is 1. The van der Waals surface area contributed by atoms with Crippen molar-refractivity contribution < 1.29 is 19.4 Å². The van der Waals surface area contributed by atoms with Gasteiger partial charge in [-0.25, -0.2) is 9.78 Å². The standard InChI is InChI=1S/C28H33NO4/c1-6-16-32-26-15-8-19(3)17-23(26)24-14-13-22(27(30)31)25(29-24)18-33-21-11-9-20(10-12-21)28(4,5)7-2/h8-15,17H,6-7,16,18H2,1-5H3,(H,30,31). The third kappa shape index (κ3) is 5.92. The van der Waals surface area contributed by atoms with E-state index in [2.05, 4.69) is 44.8 Å². The SMILES string of the molecule is CCCOc1ccc(C)cc1-c1ccc(C(=O)O)c(COc2ccc(C(C)(C)CC)cc2)n1. The lowest BCUT2D eigenvalue weighted by molar-refractivity contribution is 0.0693. The van der Waals surface area contributed by atoms with Crippen LogP contribution in [0.1, 0.15) is 67.7 Å². The van der Waals surface area contributed by atoms with Crippen molar-refractivity contribution in [2.75, 3.05) is 6.61 Å².